The van der Waals surface area contributed by atoms with E-state index in [0.717, 1.165) is 0 Å². The van der Waals surface area contributed by atoms with Gasteiger partial charge in [0, 0.05) is 11.8 Å². The van der Waals surface area contributed by atoms with E-state index >= 15 is 0 Å². The molecule has 0 fully saturated rings. The molecule has 0 saturated heterocycles. The van der Waals surface area contributed by atoms with Crippen molar-refractivity contribution in [2.75, 3.05) is 12.4 Å². The predicted molar refractivity (Wildman–Crippen MR) is 62.4 cm³/mol. The number of anilines is 1. The lowest BCUT2D eigenvalue weighted by Gasteiger charge is -2.15. The summed E-state index contributed by atoms with van der Waals surface area (Å²) in [6.07, 6.45) is -3.15. The second-order valence-corrected chi connectivity index (χ2v) is 3.96. The van der Waals surface area contributed by atoms with Crippen molar-refractivity contribution in [3.8, 4) is 11.5 Å². The molecule has 0 aromatic heterocycles. The second-order valence-electron chi connectivity index (χ2n) is 3.96. The van der Waals surface area contributed by atoms with Crippen molar-refractivity contribution in [2.45, 2.75) is 25.7 Å². The minimum atomic E-state index is -3.65. The van der Waals surface area contributed by atoms with Crippen molar-refractivity contribution in [2.24, 2.45) is 0 Å². The number of nitrogens with one attached hydrogen (secondary N) is 1. The van der Waals surface area contributed by atoms with Crippen LogP contribution in [0.5, 0.6) is 11.5 Å². The quantitative estimate of drug-likeness (QED) is 0.853. The molecule has 0 amide bonds. The number of rotatable bonds is 4. The number of ether oxygens (including phenoxy) is 3. The SMILES string of the molecule is CCC(Nc1ccc2c(c1)OC(F)(F)O2)C(=O)OC. The van der Waals surface area contributed by atoms with Crippen molar-refractivity contribution in [1.29, 1.82) is 0 Å². The standard InChI is InChI=1S/C12H13F2NO4/c1-3-8(11(16)17-2)15-7-4-5-9-10(6-7)19-12(13,14)18-9/h4-6,8,15H,3H2,1-2H3. The molecule has 2 rings (SSSR count). The molecule has 0 spiro atoms. The Kier molecular flexibility index (Phi) is 3.46. The third-order valence-corrected chi connectivity index (χ3v) is 2.64. The van der Waals surface area contributed by atoms with Crippen LogP contribution in [0, 0.1) is 0 Å². The summed E-state index contributed by atoms with van der Waals surface area (Å²) < 4.78 is 38.9. The normalized spacial score (nSPS) is 16.8. The van der Waals surface area contributed by atoms with Gasteiger partial charge in [-0.25, -0.2) is 4.79 Å². The van der Waals surface area contributed by atoms with E-state index in [9.17, 15) is 13.6 Å². The van der Waals surface area contributed by atoms with E-state index in [1.54, 1.807) is 6.92 Å². The Morgan fingerprint density at radius 1 is 1.42 bits per heavy atom. The lowest BCUT2D eigenvalue weighted by molar-refractivity contribution is -0.286. The van der Waals surface area contributed by atoms with E-state index < -0.39 is 18.3 Å². The maximum atomic E-state index is 12.8. The predicted octanol–water partition coefficient (Wildman–Crippen LogP) is 2.37. The molecule has 1 aromatic carbocycles. The molecule has 1 aliphatic heterocycles. The van der Waals surface area contributed by atoms with E-state index in [-0.39, 0.29) is 11.5 Å². The van der Waals surface area contributed by atoms with Gasteiger partial charge in [0.2, 0.25) is 0 Å². The molecule has 1 atom stereocenters. The Morgan fingerprint density at radius 2 is 2.11 bits per heavy atom. The zero-order valence-corrected chi connectivity index (χ0v) is 10.4. The molecule has 0 saturated carbocycles. The highest BCUT2D eigenvalue weighted by Gasteiger charge is 2.43. The van der Waals surface area contributed by atoms with Crippen molar-refractivity contribution < 1.29 is 27.8 Å². The van der Waals surface area contributed by atoms with Gasteiger partial charge in [-0.15, -0.1) is 8.78 Å². The zero-order valence-electron chi connectivity index (χ0n) is 10.4. The number of hydrogen-bond donors (Lipinski definition) is 1. The van der Waals surface area contributed by atoms with Crippen molar-refractivity contribution >= 4 is 11.7 Å². The minimum absolute atomic E-state index is 0.0401. The molecule has 1 unspecified atom stereocenters. The van der Waals surface area contributed by atoms with Crippen LogP contribution in [0.15, 0.2) is 18.2 Å². The van der Waals surface area contributed by atoms with Crippen LogP contribution >= 0.6 is 0 Å². The fourth-order valence-electron chi connectivity index (χ4n) is 1.71. The molecular weight excluding hydrogens is 260 g/mol. The lowest BCUT2D eigenvalue weighted by Crippen LogP contribution is -2.29. The zero-order chi connectivity index (χ0) is 14.0. The van der Waals surface area contributed by atoms with Crippen molar-refractivity contribution in [1.82, 2.24) is 0 Å². The van der Waals surface area contributed by atoms with Crippen molar-refractivity contribution in [3.05, 3.63) is 18.2 Å². The van der Waals surface area contributed by atoms with Gasteiger partial charge in [-0.3, -0.25) is 0 Å². The summed E-state index contributed by atoms with van der Waals surface area (Å²) >= 11 is 0. The molecule has 1 N–H and O–H groups in total. The molecule has 0 aliphatic carbocycles. The van der Waals surface area contributed by atoms with Crippen LogP contribution in [0.25, 0.3) is 0 Å². The van der Waals surface area contributed by atoms with Crippen molar-refractivity contribution in [3.63, 3.8) is 0 Å². The average molecular weight is 273 g/mol. The van der Waals surface area contributed by atoms with E-state index in [2.05, 4.69) is 19.5 Å². The molecule has 1 heterocycles. The van der Waals surface area contributed by atoms with E-state index in [1.807, 2.05) is 0 Å². The average Bonchev–Trinajstić information content (AvgIpc) is 2.68. The maximum Gasteiger partial charge on any atom is 0.586 e. The number of carbonyl (C=O) groups is 1. The maximum absolute atomic E-state index is 12.8. The molecule has 1 aliphatic rings. The number of alkyl halides is 2. The van der Waals surface area contributed by atoms with Gasteiger partial charge in [-0.05, 0) is 18.6 Å². The van der Waals surface area contributed by atoms with Crippen LogP contribution < -0.4 is 14.8 Å². The number of hydrogen-bond acceptors (Lipinski definition) is 5. The number of halogens is 2. The third-order valence-electron chi connectivity index (χ3n) is 2.64. The summed E-state index contributed by atoms with van der Waals surface area (Å²) in [5.74, 6) is -0.540. The summed E-state index contributed by atoms with van der Waals surface area (Å²) in [4.78, 5) is 11.4. The number of methoxy groups -OCH3 is 1. The summed E-state index contributed by atoms with van der Waals surface area (Å²) in [6.45, 7) is 1.80. The summed E-state index contributed by atoms with van der Waals surface area (Å²) in [6, 6.07) is 3.67. The Balaban J connectivity index is 2.14. The van der Waals surface area contributed by atoms with Crippen LogP contribution in [0.3, 0.4) is 0 Å². The molecule has 0 bridgehead atoms. The van der Waals surface area contributed by atoms with Crippen LogP contribution in [-0.4, -0.2) is 25.4 Å². The second kappa shape index (κ2) is 4.91. The molecule has 5 nitrogen and oxygen atoms in total. The first-order valence-electron chi connectivity index (χ1n) is 5.69. The number of carbonyl (C=O) groups excluding carboxylic acids is 1. The topological polar surface area (TPSA) is 56.8 Å². The van der Waals surface area contributed by atoms with Gasteiger partial charge in [0.1, 0.15) is 6.04 Å². The van der Waals surface area contributed by atoms with Gasteiger partial charge >= 0.3 is 12.3 Å². The molecule has 104 valence electrons. The fourth-order valence-corrected chi connectivity index (χ4v) is 1.71. The molecular formula is C12H13F2NO4. The Bertz CT molecular complexity index is 493. The van der Waals surface area contributed by atoms with Gasteiger partial charge in [0.05, 0.1) is 7.11 Å². The highest BCUT2D eigenvalue weighted by molar-refractivity contribution is 5.79. The Morgan fingerprint density at radius 3 is 2.74 bits per heavy atom. The highest BCUT2D eigenvalue weighted by Crippen LogP contribution is 2.42. The van der Waals surface area contributed by atoms with E-state index in [4.69, 9.17) is 0 Å². The molecule has 0 radical (unpaired) electrons. The fraction of sp³-hybridized carbons (Fsp3) is 0.417. The van der Waals surface area contributed by atoms with Gasteiger partial charge in [0.15, 0.2) is 11.5 Å². The summed E-state index contributed by atoms with van der Waals surface area (Å²) in [5, 5.41) is 2.88. The Labute approximate surface area is 108 Å². The third kappa shape index (κ3) is 2.86. The smallest absolute Gasteiger partial charge is 0.467 e. The van der Waals surface area contributed by atoms with Crippen LogP contribution in [0.1, 0.15) is 13.3 Å². The van der Waals surface area contributed by atoms with Gasteiger partial charge in [0.25, 0.3) is 0 Å². The van der Waals surface area contributed by atoms with E-state index in [0.29, 0.717) is 12.1 Å². The van der Waals surface area contributed by atoms with Gasteiger partial charge in [-0.2, -0.15) is 0 Å². The van der Waals surface area contributed by atoms with Crippen LogP contribution in [0.2, 0.25) is 0 Å². The lowest BCUT2D eigenvalue weighted by atomic mass is 10.2. The summed E-state index contributed by atoms with van der Waals surface area (Å²) in [7, 11) is 1.28. The number of esters is 1. The van der Waals surface area contributed by atoms with E-state index in [1.165, 1.54) is 25.3 Å². The highest BCUT2D eigenvalue weighted by atomic mass is 19.3. The monoisotopic (exact) mass is 273 g/mol. The van der Waals surface area contributed by atoms with Gasteiger partial charge < -0.3 is 19.5 Å². The number of benzene rings is 1. The summed E-state index contributed by atoms with van der Waals surface area (Å²) in [5.41, 5.74) is 0.470. The molecule has 7 heteroatoms. The van der Waals surface area contributed by atoms with Crippen LogP contribution in [0.4, 0.5) is 14.5 Å². The Hall–Kier alpha value is -2.05. The first kappa shape index (κ1) is 13.4. The van der Waals surface area contributed by atoms with Gasteiger partial charge in [-0.1, -0.05) is 6.92 Å². The minimum Gasteiger partial charge on any atom is -0.467 e. The van der Waals surface area contributed by atoms with Crippen LogP contribution in [-0.2, 0) is 9.53 Å². The first-order valence-corrected chi connectivity index (χ1v) is 5.69. The first-order chi connectivity index (χ1) is 8.95. The molecule has 19 heavy (non-hydrogen) atoms. The largest absolute Gasteiger partial charge is 0.586 e. The number of fused-ring (bicyclic) bond motifs is 1. The molecule has 1 aromatic rings.